The molecule has 0 atom stereocenters. The molecule has 1 heterocycles. The smallest absolute Gasteiger partial charge is 0.277 e. The highest BCUT2D eigenvalue weighted by Gasteiger charge is 2.19. The molecule has 0 saturated heterocycles. The Morgan fingerprint density at radius 2 is 1.75 bits per heavy atom. The zero-order valence-corrected chi connectivity index (χ0v) is 12.9. The van der Waals surface area contributed by atoms with E-state index in [9.17, 15) is 10.1 Å². The number of hydrogen-bond donors (Lipinski definition) is 0. The van der Waals surface area contributed by atoms with Crippen LogP contribution in [0, 0.1) is 10.1 Å². The van der Waals surface area contributed by atoms with Crippen LogP contribution < -0.4 is 4.74 Å². The van der Waals surface area contributed by atoms with E-state index >= 15 is 0 Å². The molecular weight excluding hydrogens is 306 g/mol. The summed E-state index contributed by atoms with van der Waals surface area (Å²) in [4.78, 5) is 11.0. The van der Waals surface area contributed by atoms with Crippen LogP contribution in [0.15, 0.2) is 65.1 Å². The minimum absolute atomic E-state index is 0.0767. The Bertz CT molecular complexity index is 1080. The molecule has 1 aromatic heterocycles. The lowest BCUT2D eigenvalue weighted by Gasteiger charge is -2.05. The van der Waals surface area contributed by atoms with Crippen molar-refractivity contribution in [1.29, 1.82) is 0 Å². The fraction of sp³-hybridized carbons (Fsp3) is 0.0526. The van der Waals surface area contributed by atoms with Crippen molar-refractivity contribution in [1.82, 2.24) is 0 Å². The highest BCUT2D eigenvalue weighted by atomic mass is 16.6. The van der Waals surface area contributed by atoms with Gasteiger partial charge in [-0.2, -0.15) is 0 Å². The second-order valence-electron chi connectivity index (χ2n) is 5.42. The first-order chi connectivity index (χ1) is 11.7. The number of rotatable bonds is 3. The van der Waals surface area contributed by atoms with Gasteiger partial charge in [0, 0.05) is 28.5 Å². The molecule has 5 heteroatoms. The van der Waals surface area contributed by atoms with Crippen LogP contribution in [0.5, 0.6) is 5.75 Å². The summed E-state index contributed by atoms with van der Waals surface area (Å²) in [6.07, 6.45) is 0. The van der Waals surface area contributed by atoms with Crippen molar-refractivity contribution in [2.75, 3.05) is 7.11 Å². The molecule has 4 rings (SSSR count). The van der Waals surface area contributed by atoms with Gasteiger partial charge < -0.3 is 9.15 Å². The maximum Gasteiger partial charge on any atom is 0.277 e. The van der Waals surface area contributed by atoms with Gasteiger partial charge in [0.2, 0.25) is 0 Å². The van der Waals surface area contributed by atoms with E-state index in [4.69, 9.17) is 9.15 Å². The Kier molecular flexibility index (Phi) is 3.20. The summed E-state index contributed by atoms with van der Waals surface area (Å²) in [6.45, 7) is 0. The average Bonchev–Trinajstić information content (AvgIpc) is 2.99. The van der Waals surface area contributed by atoms with Crippen molar-refractivity contribution < 1.29 is 14.1 Å². The van der Waals surface area contributed by atoms with Crippen LogP contribution in [0.4, 0.5) is 5.69 Å². The lowest BCUT2D eigenvalue weighted by Crippen LogP contribution is -1.91. The van der Waals surface area contributed by atoms with Gasteiger partial charge in [-0.15, -0.1) is 0 Å². The van der Waals surface area contributed by atoms with Crippen molar-refractivity contribution in [3.63, 3.8) is 0 Å². The minimum atomic E-state index is -0.362. The molecule has 0 fully saturated rings. The minimum Gasteiger partial charge on any atom is -0.497 e. The molecule has 0 unspecified atom stereocenters. The first-order valence-corrected chi connectivity index (χ1v) is 7.42. The number of furan rings is 1. The molecule has 24 heavy (non-hydrogen) atoms. The highest BCUT2D eigenvalue weighted by Crippen LogP contribution is 2.40. The zero-order valence-electron chi connectivity index (χ0n) is 12.9. The van der Waals surface area contributed by atoms with Gasteiger partial charge in [-0.05, 0) is 24.3 Å². The number of para-hydroxylation sites is 1. The monoisotopic (exact) mass is 319 g/mol. The number of nitro groups is 1. The molecule has 3 aromatic carbocycles. The predicted octanol–water partition coefficient (Wildman–Crippen LogP) is 5.17. The van der Waals surface area contributed by atoms with Crippen molar-refractivity contribution in [2.45, 2.75) is 0 Å². The molecule has 0 radical (unpaired) electrons. The lowest BCUT2D eigenvalue weighted by atomic mass is 9.98. The Hall–Kier alpha value is -3.34. The number of fused-ring (bicyclic) bond motifs is 3. The third-order valence-corrected chi connectivity index (χ3v) is 4.10. The topological polar surface area (TPSA) is 65.5 Å². The third-order valence-electron chi connectivity index (χ3n) is 4.10. The molecule has 0 amide bonds. The number of benzene rings is 3. The fourth-order valence-corrected chi connectivity index (χ4v) is 3.02. The molecule has 0 spiro atoms. The molecular formula is C19H13NO4. The summed E-state index contributed by atoms with van der Waals surface area (Å²) < 4.78 is 11.1. The summed E-state index contributed by atoms with van der Waals surface area (Å²) in [5.41, 5.74) is 2.81. The Morgan fingerprint density at radius 1 is 0.958 bits per heavy atom. The largest absolute Gasteiger partial charge is 0.497 e. The van der Waals surface area contributed by atoms with Crippen LogP contribution in [-0.4, -0.2) is 12.0 Å². The molecule has 0 aliphatic carbocycles. The summed E-state index contributed by atoms with van der Waals surface area (Å²) >= 11 is 0. The summed E-state index contributed by atoms with van der Waals surface area (Å²) in [6, 6.07) is 17.9. The second-order valence-corrected chi connectivity index (χ2v) is 5.42. The van der Waals surface area contributed by atoms with E-state index in [-0.39, 0.29) is 10.6 Å². The molecule has 4 aromatic rings. The normalized spacial score (nSPS) is 11.0. The summed E-state index contributed by atoms with van der Waals surface area (Å²) in [5.74, 6) is 0.703. The Labute approximate surface area is 137 Å². The number of nitrogens with zero attached hydrogens (tertiary/aromatic N) is 1. The maximum absolute atomic E-state index is 11.4. The van der Waals surface area contributed by atoms with E-state index in [2.05, 4.69) is 0 Å². The zero-order chi connectivity index (χ0) is 16.7. The van der Waals surface area contributed by atoms with E-state index in [1.807, 2.05) is 36.4 Å². The van der Waals surface area contributed by atoms with E-state index in [1.54, 1.807) is 25.3 Å². The highest BCUT2D eigenvalue weighted by molar-refractivity contribution is 6.13. The second kappa shape index (κ2) is 5.38. The van der Waals surface area contributed by atoms with Crippen molar-refractivity contribution in [2.24, 2.45) is 0 Å². The molecule has 0 N–H and O–H groups in total. The predicted molar refractivity (Wildman–Crippen MR) is 92.4 cm³/mol. The first kappa shape index (κ1) is 14.3. The van der Waals surface area contributed by atoms with Gasteiger partial charge in [-0.1, -0.05) is 24.3 Å². The number of nitro benzene ring substituents is 1. The van der Waals surface area contributed by atoms with Crippen molar-refractivity contribution >= 4 is 27.6 Å². The van der Waals surface area contributed by atoms with Gasteiger partial charge in [0.15, 0.2) is 0 Å². The first-order valence-electron chi connectivity index (χ1n) is 7.42. The van der Waals surface area contributed by atoms with Crippen molar-refractivity contribution in [3.05, 3.63) is 70.8 Å². The van der Waals surface area contributed by atoms with E-state index < -0.39 is 0 Å². The lowest BCUT2D eigenvalue weighted by molar-refractivity contribution is -0.384. The van der Waals surface area contributed by atoms with E-state index in [1.165, 1.54) is 6.07 Å². The van der Waals surface area contributed by atoms with Crippen LogP contribution in [0.1, 0.15) is 0 Å². The fourth-order valence-electron chi connectivity index (χ4n) is 3.02. The molecule has 118 valence electrons. The molecule has 0 saturated carbocycles. The summed E-state index contributed by atoms with van der Waals surface area (Å²) in [5, 5.41) is 13.1. The third kappa shape index (κ3) is 2.10. The van der Waals surface area contributed by atoms with E-state index in [0.717, 1.165) is 16.3 Å². The van der Waals surface area contributed by atoms with Crippen LogP contribution >= 0.6 is 0 Å². The van der Waals surface area contributed by atoms with Crippen LogP contribution in [0.2, 0.25) is 0 Å². The van der Waals surface area contributed by atoms with Crippen LogP contribution in [-0.2, 0) is 0 Å². The Morgan fingerprint density at radius 3 is 2.54 bits per heavy atom. The Balaban J connectivity index is 2.08. The number of methoxy groups -OCH3 is 1. The molecule has 5 nitrogen and oxygen atoms in total. The van der Waals surface area contributed by atoms with Crippen LogP contribution in [0.25, 0.3) is 33.1 Å². The van der Waals surface area contributed by atoms with Crippen molar-refractivity contribution in [3.8, 4) is 16.9 Å². The van der Waals surface area contributed by atoms with Gasteiger partial charge in [-0.3, -0.25) is 10.1 Å². The maximum atomic E-state index is 11.4. The van der Waals surface area contributed by atoms with Gasteiger partial charge >= 0.3 is 0 Å². The van der Waals surface area contributed by atoms with Gasteiger partial charge in [0.1, 0.15) is 16.9 Å². The molecule has 0 aliphatic rings. The van der Waals surface area contributed by atoms with Gasteiger partial charge in [-0.25, -0.2) is 0 Å². The SMILES string of the molecule is COc1ccc2c(c1)oc1cccc(-c3ccccc3[N+](=O)[O-])c12. The van der Waals surface area contributed by atoms with Gasteiger partial charge in [0.05, 0.1) is 17.6 Å². The van der Waals surface area contributed by atoms with E-state index in [0.29, 0.717) is 22.5 Å². The van der Waals surface area contributed by atoms with Gasteiger partial charge in [0.25, 0.3) is 5.69 Å². The number of ether oxygens (including phenoxy) is 1. The standard InChI is InChI=1S/C19H13NO4/c1-23-12-9-10-15-18(11-12)24-17-8-4-6-14(19(15)17)13-5-2-3-7-16(13)20(21)22/h2-11H,1H3. The molecule has 0 aliphatic heterocycles. The average molecular weight is 319 g/mol. The number of hydrogen-bond acceptors (Lipinski definition) is 4. The van der Waals surface area contributed by atoms with Crippen LogP contribution in [0.3, 0.4) is 0 Å². The summed E-state index contributed by atoms with van der Waals surface area (Å²) in [7, 11) is 1.60. The molecule has 0 bridgehead atoms. The quantitative estimate of drug-likeness (QED) is 0.386.